The first kappa shape index (κ1) is 19.1. The van der Waals surface area contributed by atoms with Gasteiger partial charge in [-0.3, -0.25) is 23.5 Å². The molecule has 146 valence electrons. The van der Waals surface area contributed by atoms with Crippen LogP contribution in [0.25, 0.3) is 11.2 Å². The highest BCUT2D eigenvalue weighted by Crippen LogP contribution is 2.06. The van der Waals surface area contributed by atoms with Crippen LogP contribution in [0.15, 0.2) is 46.2 Å². The number of nitrogens with zero attached hydrogens (tertiary/aromatic N) is 4. The molecule has 2 amide bonds. The van der Waals surface area contributed by atoms with Crippen molar-refractivity contribution in [2.75, 3.05) is 0 Å². The van der Waals surface area contributed by atoms with Gasteiger partial charge < -0.3 is 15.6 Å². The zero-order valence-corrected chi connectivity index (χ0v) is 15.5. The van der Waals surface area contributed by atoms with Crippen molar-refractivity contribution in [1.82, 2.24) is 24.0 Å². The van der Waals surface area contributed by atoms with Crippen LogP contribution in [-0.4, -0.2) is 36.5 Å². The molecule has 0 saturated carbocycles. The fourth-order valence-corrected chi connectivity index (χ4v) is 2.98. The maximum Gasteiger partial charge on any atom is 0.332 e. The third kappa shape index (κ3) is 3.56. The molecule has 10 heteroatoms. The summed E-state index contributed by atoms with van der Waals surface area (Å²) in [5.41, 5.74) is 5.50. The van der Waals surface area contributed by atoms with Gasteiger partial charge in [-0.15, -0.1) is 0 Å². The van der Waals surface area contributed by atoms with Crippen molar-refractivity contribution in [1.29, 1.82) is 0 Å². The average Bonchev–Trinajstić information content (AvgIpc) is 3.08. The molecule has 2 heterocycles. The number of hydrogen-bond donors (Lipinski definition) is 2. The predicted octanol–water partition coefficient (Wildman–Crippen LogP) is -1.35. The number of carbonyl (C=O) groups excluding carboxylic acids is 2. The molecule has 0 aliphatic rings. The Labute approximate surface area is 159 Å². The summed E-state index contributed by atoms with van der Waals surface area (Å²) < 4.78 is 3.51. The van der Waals surface area contributed by atoms with E-state index in [1.54, 1.807) is 0 Å². The molecule has 0 aliphatic carbocycles. The molecular formula is C18H20N6O4. The Morgan fingerprint density at radius 1 is 1.14 bits per heavy atom. The second-order valence-corrected chi connectivity index (χ2v) is 6.46. The van der Waals surface area contributed by atoms with Gasteiger partial charge in [0.1, 0.15) is 12.6 Å². The summed E-state index contributed by atoms with van der Waals surface area (Å²) in [6.07, 6.45) is 1.56. The molecule has 0 bridgehead atoms. The highest BCUT2D eigenvalue weighted by Gasteiger charge is 2.20. The van der Waals surface area contributed by atoms with Crippen LogP contribution in [0.5, 0.6) is 0 Å². The Morgan fingerprint density at radius 2 is 1.82 bits per heavy atom. The number of aryl methyl sites for hydroxylation is 1. The Hall–Kier alpha value is -3.69. The summed E-state index contributed by atoms with van der Waals surface area (Å²) >= 11 is 0. The van der Waals surface area contributed by atoms with Crippen LogP contribution in [-0.2, 0) is 36.6 Å². The second-order valence-electron chi connectivity index (χ2n) is 6.46. The first-order chi connectivity index (χ1) is 13.3. The van der Waals surface area contributed by atoms with Gasteiger partial charge in [-0.05, 0) is 5.56 Å². The average molecular weight is 384 g/mol. The van der Waals surface area contributed by atoms with E-state index < -0.39 is 29.1 Å². The number of amides is 2. The first-order valence-corrected chi connectivity index (χ1v) is 8.53. The minimum atomic E-state index is -0.892. The van der Waals surface area contributed by atoms with Gasteiger partial charge in [0.25, 0.3) is 5.56 Å². The lowest BCUT2D eigenvalue weighted by Gasteiger charge is -2.16. The Kier molecular flexibility index (Phi) is 5.12. The lowest BCUT2D eigenvalue weighted by Crippen LogP contribution is -2.47. The molecule has 0 saturated heterocycles. The zero-order valence-electron chi connectivity index (χ0n) is 15.5. The van der Waals surface area contributed by atoms with Gasteiger partial charge in [0.2, 0.25) is 11.8 Å². The third-order valence-corrected chi connectivity index (χ3v) is 4.49. The number of aromatic nitrogens is 4. The topological polar surface area (TPSA) is 134 Å². The van der Waals surface area contributed by atoms with Crippen molar-refractivity contribution in [3.05, 3.63) is 63.1 Å². The van der Waals surface area contributed by atoms with Crippen LogP contribution in [0.4, 0.5) is 0 Å². The molecule has 1 unspecified atom stereocenters. The van der Waals surface area contributed by atoms with Gasteiger partial charge in [0, 0.05) is 20.5 Å². The minimum Gasteiger partial charge on any atom is -0.368 e. The molecule has 0 spiro atoms. The first-order valence-electron chi connectivity index (χ1n) is 8.53. The largest absolute Gasteiger partial charge is 0.368 e. The minimum absolute atomic E-state index is 0.124. The number of nitrogens with two attached hydrogens (primary N) is 1. The number of imidazole rings is 1. The van der Waals surface area contributed by atoms with Gasteiger partial charge in [0.15, 0.2) is 11.2 Å². The van der Waals surface area contributed by atoms with Crippen molar-refractivity contribution < 1.29 is 9.59 Å². The fraction of sp³-hybridized carbons (Fsp3) is 0.278. The second kappa shape index (κ2) is 7.51. The molecular weight excluding hydrogens is 364 g/mol. The standard InChI is InChI=1S/C18H20N6O4/c1-22-16-14(17(27)23(2)18(22)28)24(10-20-16)9-13(25)21-12(15(19)26)8-11-6-4-3-5-7-11/h3-7,10,12H,8-9H2,1-2H3,(H2,19,26)(H,21,25). The molecule has 3 rings (SSSR count). The predicted molar refractivity (Wildman–Crippen MR) is 101 cm³/mol. The molecule has 0 aliphatic heterocycles. The van der Waals surface area contributed by atoms with Gasteiger partial charge in [0.05, 0.1) is 6.33 Å². The van der Waals surface area contributed by atoms with Crippen LogP contribution in [0.2, 0.25) is 0 Å². The van der Waals surface area contributed by atoms with Gasteiger partial charge in [-0.1, -0.05) is 30.3 Å². The molecule has 3 aromatic rings. The fourth-order valence-electron chi connectivity index (χ4n) is 2.98. The number of benzene rings is 1. The van der Waals surface area contributed by atoms with Crippen molar-refractivity contribution in [2.24, 2.45) is 19.8 Å². The smallest absolute Gasteiger partial charge is 0.332 e. The SMILES string of the molecule is Cn1c(=O)c2c(ncn2CC(=O)NC(Cc2ccccc2)C(N)=O)n(C)c1=O. The quantitative estimate of drug-likeness (QED) is 0.542. The highest BCUT2D eigenvalue weighted by molar-refractivity contribution is 5.87. The molecule has 10 nitrogen and oxygen atoms in total. The van der Waals surface area contributed by atoms with E-state index in [9.17, 15) is 19.2 Å². The van der Waals surface area contributed by atoms with Crippen molar-refractivity contribution in [2.45, 2.75) is 19.0 Å². The number of nitrogens with one attached hydrogen (secondary N) is 1. The monoisotopic (exact) mass is 384 g/mol. The van der Waals surface area contributed by atoms with E-state index in [1.165, 1.54) is 29.6 Å². The van der Waals surface area contributed by atoms with Crippen LogP contribution in [0.3, 0.4) is 0 Å². The van der Waals surface area contributed by atoms with Crippen LogP contribution in [0.1, 0.15) is 5.56 Å². The zero-order chi connectivity index (χ0) is 20.4. The van der Waals surface area contributed by atoms with Crippen molar-refractivity contribution in [3.63, 3.8) is 0 Å². The summed E-state index contributed by atoms with van der Waals surface area (Å²) in [4.78, 5) is 52.6. The van der Waals surface area contributed by atoms with Gasteiger partial charge >= 0.3 is 5.69 Å². The van der Waals surface area contributed by atoms with E-state index in [1.807, 2.05) is 30.3 Å². The Morgan fingerprint density at radius 3 is 2.46 bits per heavy atom. The maximum atomic E-state index is 12.5. The molecule has 0 fully saturated rings. The van der Waals surface area contributed by atoms with Crippen LogP contribution in [0, 0.1) is 0 Å². The molecule has 1 aromatic carbocycles. The molecule has 28 heavy (non-hydrogen) atoms. The number of rotatable bonds is 6. The van der Waals surface area contributed by atoms with Gasteiger partial charge in [-0.25, -0.2) is 9.78 Å². The lowest BCUT2D eigenvalue weighted by molar-refractivity contribution is -0.127. The molecule has 2 aromatic heterocycles. The van der Waals surface area contributed by atoms with E-state index in [0.29, 0.717) is 0 Å². The van der Waals surface area contributed by atoms with Crippen molar-refractivity contribution in [3.8, 4) is 0 Å². The molecule has 3 N–H and O–H groups in total. The van der Waals surface area contributed by atoms with Crippen LogP contribution >= 0.6 is 0 Å². The van der Waals surface area contributed by atoms with E-state index in [2.05, 4.69) is 10.3 Å². The van der Waals surface area contributed by atoms with E-state index >= 15 is 0 Å². The van der Waals surface area contributed by atoms with E-state index in [4.69, 9.17) is 5.73 Å². The van der Waals surface area contributed by atoms with E-state index in [-0.39, 0.29) is 24.1 Å². The number of primary amides is 1. The molecule has 1 atom stereocenters. The Balaban J connectivity index is 1.83. The molecule has 0 radical (unpaired) electrons. The normalized spacial score (nSPS) is 12.1. The highest BCUT2D eigenvalue weighted by atomic mass is 16.2. The summed E-state index contributed by atoms with van der Waals surface area (Å²) in [5, 5.41) is 2.59. The van der Waals surface area contributed by atoms with Gasteiger partial charge in [-0.2, -0.15) is 0 Å². The summed E-state index contributed by atoms with van der Waals surface area (Å²) in [5.74, 6) is -1.17. The van der Waals surface area contributed by atoms with Crippen LogP contribution < -0.4 is 22.3 Å². The number of fused-ring (bicyclic) bond motifs is 1. The van der Waals surface area contributed by atoms with E-state index in [0.717, 1.165) is 10.1 Å². The summed E-state index contributed by atoms with van der Waals surface area (Å²) in [6, 6.07) is 8.27. The lowest BCUT2D eigenvalue weighted by atomic mass is 10.1. The third-order valence-electron chi connectivity index (χ3n) is 4.49. The van der Waals surface area contributed by atoms with Crippen molar-refractivity contribution >= 4 is 23.0 Å². The number of hydrogen-bond acceptors (Lipinski definition) is 5. The Bertz CT molecular complexity index is 1160. The number of carbonyl (C=O) groups is 2. The maximum absolute atomic E-state index is 12.5. The summed E-state index contributed by atoms with van der Waals surface area (Å²) in [6.45, 7) is -0.248. The summed E-state index contributed by atoms with van der Waals surface area (Å²) in [7, 11) is 2.84.